The number of amides is 3. The van der Waals surface area contributed by atoms with Crippen molar-refractivity contribution in [3.05, 3.63) is 77.6 Å². The van der Waals surface area contributed by atoms with E-state index in [1.165, 1.54) is 0 Å². The van der Waals surface area contributed by atoms with Crippen molar-refractivity contribution < 1.29 is 9.59 Å². The van der Waals surface area contributed by atoms with E-state index in [0.717, 1.165) is 33.9 Å². The van der Waals surface area contributed by atoms with Crippen LogP contribution >= 0.6 is 0 Å². The summed E-state index contributed by atoms with van der Waals surface area (Å²) in [5.41, 5.74) is 2.86. The van der Waals surface area contributed by atoms with Gasteiger partial charge in [0, 0.05) is 37.6 Å². The molecule has 0 spiro atoms. The van der Waals surface area contributed by atoms with Crippen LogP contribution in [0.3, 0.4) is 0 Å². The number of terminal acetylenes is 1. The molecule has 1 aromatic heterocycles. The Balaban J connectivity index is 1.35. The van der Waals surface area contributed by atoms with Crippen molar-refractivity contribution >= 4 is 22.7 Å². The second kappa shape index (κ2) is 9.97. The highest BCUT2D eigenvalue weighted by atomic mass is 16.2. The van der Waals surface area contributed by atoms with Gasteiger partial charge in [-0.2, -0.15) is 0 Å². The Morgan fingerprint density at radius 1 is 1.16 bits per heavy atom. The molecule has 1 atom stereocenters. The maximum absolute atomic E-state index is 12.9. The predicted molar refractivity (Wildman–Crippen MR) is 125 cm³/mol. The molecule has 4 rings (SSSR count). The van der Waals surface area contributed by atoms with Gasteiger partial charge in [0.15, 0.2) is 0 Å². The number of fused-ring (bicyclic) bond motifs is 1. The fourth-order valence-electron chi connectivity index (χ4n) is 4.13. The number of rotatable bonds is 6. The number of hydrogen-bond acceptors (Lipinski definition) is 3. The average Bonchev–Trinajstić information content (AvgIpc) is 3.33. The number of hydrogen-bond donors (Lipinski definition) is 2. The second-order valence-corrected chi connectivity index (χ2v) is 7.91. The van der Waals surface area contributed by atoms with Crippen molar-refractivity contribution in [2.24, 2.45) is 0 Å². The van der Waals surface area contributed by atoms with Crippen LogP contribution in [0, 0.1) is 12.3 Å². The van der Waals surface area contributed by atoms with Gasteiger partial charge in [-0.25, -0.2) is 4.79 Å². The first-order chi connectivity index (χ1) is 15.7. The number of aromatic nitrogens is 1. The molecule has 6 nitrogen and oxygen atoms in total. The lowest BCUT2D eigenvalue weighted by atomic mass is 10.0. The lowest BCUT2D eigenvalue weighted by Crippen LogP contribution is -2.49. The van der Waals surface area contributed by atoms with E-state index in [1.807, 2.05) is 48.5 Å². The number of carbonyl (C=O) groups is 2. The summed E-state index contributed by atoms with van der Waals surface area (Å²) >= 11 is 0. The van der Waals surface area contributed by atoms with Crippen LogP contribution in [0.2, 0.25) is 0 Å². The molecule has 32 heavy (non-hydrogen) atoms. The van der Waals surface area contributed by atoms with E-state index in [4.69, 9.17) is 6.42 Å². The first-order valence-electron chi connectivity index (χ1n) is 10.8. The highest BCUT2D eigenvalue weighted by Gasteiger charge is 2.33. The zero-order valence-corrected chi connectivity index (χ0v) is 17.9. The van der Waals surface area contributed by atoms with Gasteiger partial charge >= 0.3 is 6.03 Å². The standard InChI is InChI=1S/C26H26N4O2/c1-2-19-10-11-21-7-3-8-22(23(21)16-19)18-29-26(32)30-15-5-9-24(30)25(31)28-14-12-20-6-4-13-27-17-20/h1,3-4,6-8,10-11,13,16-17,24H,5,9,12,14-15,18H2,(H,28,31)(H,29,32)/t24-/m0/s1. The van der Waals surface area contributed by atoms with Crippen LogP contribution in [0.4, 0.5) is 4.79 Å². The first-order valence-corrected chi connectivity index (χ1v) is 10.8. The summed E-state index contributed by atoms with van der Waals surface area (Å²) in [5.74, 6) is 2.55. The van der Waals surface area contributed by atoms with Gasteiger partial charge in [-0.15, -0.1) is 6.42 Å². The zero-order valence-electron chi connectivity index (χ0n) is 17.9. The Labute approximate surface area is 188 Å². The van der Waals surface area contributed by atoms with E-state index in [0.29, 0.717) is 32.5 Å². The van der Waals surface area contributed by atoms with Crippen LogP contribution in [0.5, 0.6) is 0 Å². The van der Waals surface area contributed by atoms with E-state index in [2.05, 4.69) is 21.5 Å². The van der Waals surface area contributed by atoms with Crippen molar-refractivity contribution in [3.8, 4) is 12.3 Å². The van der Waals surface area contributed by atoms with Crippen molar-refractivity contribution in [3.63, 3.8) is 0 Å². The quantitative estimate of drug-likeness (QED) is 0.594. The van der Waals surface area contributed by atoms with Crippen molar-refractivity contribution in [2.45, 2.75) is 31.8 Å². The fraction of sp³-hybridized carbons (Fsp3) is 0.269. The van der Waals surface area contributed by atoms with Crippen LogP contribution in [-0.4, -0.2) is 41.0 Å². The van der Waals surface area contributed by atoms with Crippen molar-refractivity contribution in [1.29, 1.82) is 0 Å². The van der Waals surface area contributed by atoms with E-state index >= 15 is 0 Å². The van der Waals surface area contributed by atoms with Crippen LogP contribution in [0.15, 0.2) is 60.9 Å². The summed E-state index contributed by atoms with van der Waals surface area (Å²) in [4.78, 5) is 31.3. The SMILES string of the molecule is C#Cc1ccc2cccc(CNC(=O)N3CCC[C@H]3C(=O)NCCc3cccnc3)c2c1. The van der Waals surface area contributed by atoms with Gasteiger partial charge < -0.3 is 15.5 Å². The number of benzene rings is 2. The lowest BCUT2D eigenvalue weighted by Gasteiger charge is -2.24. The molecule has 2 N–H and O–H groups in total. The number of carbonyl (C=O) groups excluding carboxylic acids is 2. The first kappa shape index (κ1) is 21.4. The summed E-state index contributed by atoms with van der Waals surface area (Å²) in [6.45, 7) is 1.46. The monoisotopic (exact) mass is 426 g/mol. The van der Waals surface area contributed by atoms with Gasteiger partial charge in [-0.1, -0.05) is 36.3 Å². The molecule has 1 fully saturated rings. The summed E-state index contributed by atoms with van der Waals surface area (Å²) in [5, 5.41) is 8.04. The minimum absolute atomic E-state index is 0.106. The minimum atomic E-state index is -0.440. The van der Waals surface area contributed by atoms with Crippen LogP contribution in [0.25, 0.3) is 10.8 Å². The molecular weight excluding hydrogens is 400 g/mol. The molecule has 6 heteroatoms. The maximum atomic E-state index is 12.9. The van der Waals surface area contributed by atoms with Crippen LogP contribution < -0.4 is 10.6 Å². The molecule has 0 radical (unpaired) electrons. The molecule has 162 valence electrons. The Morgan fingerprint density at radius 2 is 2.06 bits per heavy atom. The highest BCUT2D eigenvalue weighted by molar-refractivity contribution is 5.89. The summed E-state index contributed by atoms with van der Waals surface area (Å²) in [6, 6.07) is 15.0. The normalized spacial score (nSPS) is 15.3. The van der Waals surface area contributed by atoms with Crippen LogP contribution in [0.1, 0.15) is 29.5 Å². The number of nitrogens with zero attached hydrogens (tertiary/aromatic N) is 2. The van der Waals surface area contributed by atoms with Gasteiger partial charge in [0.25, 0.3) is 0 Å². The van der Waals surface area contributed by atoms with E-state index in [9.17, 15) is 9.59 Å². The van der Waals surface area contributed by atoms with Crippen molar-refractivity contribution in [2.75, 3.05) is 13.1 Å². The third kappa shape index (κ3) is 4.89. The smallest absolute Gasteiger partial charge is 0.318 e. The summed E-state index contributed by atoms with van der Waals surface area (Å²) in [6.07, 6.45) is 11.3. The maximum Gasteiger partial charge on any atom is 0.318 e. The van der Waals surface area contributed by atoms with E-state index < -0.39 is 6.04 Å². The largest absolute Gasteiger partial charge is 0.354 e. The molecule has 3 amide bonds. The molecule has 1 aliphatic heterocycles. The number of nitrogens with one attached hydrogen (secondary N) is 2. The van der Waals surface area contributed by atoms with Gasteiger partial charge in [0.1, 0.15) is 6.04 Å². The minimum Gasteiger partial charge on any atom is -0.354 e. The van der Waals surface area contributed by atoms with Crippen LogP contribution in [-0.2, 0) is 17.8 Å². The van der Waals surface area contributed by atoms with Gasteiger partial charge in [0.2, 0.25) is 5.91 Å². The molecule has 3 aromatic rings. The summed E-state index contributed by atoms with van der Waals surface area (Å²) < 4.78 is 0. The van der Waals surface area contributed by atoms with Gasteiger partial charge in [-0.3, -0.25) is 9.78 Å². The topological polar surface area (TPSA) is 74.3 Å². The van der Waals surface area contributed by atoms with E-state index in [-0.39, 0.29) is 11.9 Å². The molecule has 1 saturated heterocycles. The molecule has 0 bridgehead atoms. The Morgan fingerprint density at radius 3 is 2.88 bits per heavy atom. The Bertz CT molecular complexity index is 1150. The summed E-state index contributed by atoms with van der Waals surface area (Å²) in [7, 11) is 0. The Kier molecular flexibility index (Phi) is 6.66. The molecule has 2 aromatic carbocycles. The molecular formula is C26H26N4O2. The molecule has 2 heterocycles. The van der Waals surface area contributed by atoms with E-state index in [1.54, 1.807) is 17.3 Å². The molecule has 0 unspecified atom stereocenters. The third-order valence-electron chi connectivity index (χ3n) is 5.82. The number of urea groups is 1. The number of pyridine rings is 1. The molecule has 1 aliphatic rings. The fourth-order valence-corrected chi connectivity index (χ4v) is 4.13. The third-order valence-corrected chi connectivity index (χ3v) is 5.82. The van der Waals surface area contributed by atoms with Gasteiger partial charge in [-0.05, 0) is 59.4 Å². The molecule has 0 saturated carbocycles. The molecule has 0 aliphatic carbocycles. The lowest BCUT2D eigenvalue weighted by molar-refractivity contribution is -0.124. The highest BCUT2D eigenvalue weighted by Crippen LogP contribution is 2.21. The van der Waals surface area contributed by atoms with Gasteiger partial charge in [0.05, 0.1) is 0 Å². The average molecular weight is 427 g/mol. The zero-order chi connectivity index (χ0) is 22.3. The predicted octanol–water partition coefficient (Wildman–Crippen LogP) is 3.25. The Hall–Kier alpha value is -3.85. The second-order valence-electron chi connectivity index (χ2n) is 7.91. The van der Waals surface area contributed by atoms with Crippen molar-refractivity contribution in [1.82, 2.24) is 20.5 Å². The number of likely N-dealkylation sites (tertiary alicyclic amines) is 1.